The van der Waals surface area contributed by atoms with E-state index in [9.17, 15) is 19.8 Å². The van der Waals surface area contributed by atoms with E-state index in [1.54, 1.807) is 17.0 Å². The molecule has 1 amide bonds. The van der Waals surface area contributed by atoms with E-state index in [1.807, 2.05) is 42.5 Å². The number of carboxylic acid groups (broad SMARTS) is 1. The molecule has 2 aromatic carbocycles. The molecule has 1 fully saturated rings. The van der Waals surface area contributed by atoms with Crippen LogP contribution in [-0.4, -0.2) is 46.2 Å². The lowest BCUT2D eigenvalue weighted by molar-refractivity contribution is -0.165. The number of hydrogen-bond donors (Lipinski definition) is 2. The fourth-order valence-electron chi connectivity index (χ4n) is 3.77. The summed E-state index contributed by atoms with van der Waals surface area (Å²) in [4.78, 5) is 26.5. The molecule has 1 aliphatic heterocycles. The molecule has 5 nitrogen and oxygen atoms in total. The highest BCUT2D eigenvalue weighted by atomic mass is 35.5. The fourth-order valence-corrected chi connectivity index (χ4v) is 3.90. The summed E-state index contributed by atoms with van der Waals surface area (Å²) < 4.78 is 0. The lowest BCUT2D eigenvalue weighted by Gasteiger charge is -2.43. The highest BCUT2D eigenvalue weighted by molar-refractivity contribution is 6.30. The fraction of sp³-hybridized carbons (Fsp3) is 0.364. The number of nitrogens with zero attached hydrogens (tertiary/aromatic N) is 1. The SMILES string of the molecule is O=C(CCc1ccc(Cl)cc1)N1CC[C@@H](O)[C@](Cc2ccccc2)(C(=O)O)C1. The van der Waals surface area contributed by atoms with Crippen molar-refractivity contribution >= 4 is 23.5 Å². The van der Waals surface area contributed by atoms with Gasteiger partial charge in [-0.05, 0) is 42.5 Å². The van der Waals surface area contributed by atoms with Crippen molar-refractivity contribution in [3.63, 3.8) is 0 Å². The van der Waals surface area contributed by atoms with E-state index in [2.05, 4.69) is 0 Å². The topological polar surface area (TPSA) is 77.8 Å². The predicted octanol–water partition coefficient (Wildman–Crippen LogP) is 3.18. The number of piperidine rings is 1. The molecule has 2 aromatic rings. The molecule has 0 spiro atoms. The van der Waals surface area contributed by atoms with Crippen LogP contribution >= 0.6 is 11.6 Å². The van der Waals surface area contributed by atoms with E-state index in [-0.39, 0.29) is 25.3 Å². The summed E-state index contributed by atoms with van der Waals surface area (Å²) in [6.45, 7) is 0.377. The molecule has 0 unspecified atom stereocenters. The second-order valence-electron chi connectivity index (χ2n) is 7.37. The lowest BCUT2D eigenvalue weighted by Crippen LogP contribution is -2.58. The summed E-state index contributed by atoms with van der Waals surface area (Å²) in [5, 5.41) is 21.1. The monoisotopic (exact) mass is 401 g/mol. The van der Waals surface area contributed by atoms with Crippen LogP contribution in [0.5, 0.6) is 0 Å². The van der Waals surface area contributed by atoms with Gasteiger partial charge in [-0.2, -0.15) is 0 Å². The molecule has 2 N–H and O–H groups in total. The van der Waals surface area contributed by atoms with Crippen molar-refractivity contribution in [3.8, 4) is 0 Å². The van der Waals surface area contributed by atoms with Gasteiger partial charge in [0.1, 0.15) is 5.41 Å². The van der Waals surface area contributed by atoms with Gasteiger partial charge in [0.05, 0.1) is 6.10 Å². The van der Waals surface area contributed by atoms with Crippen LogP contribution < -0.4 is 0 Å². The van der Waals surface area contributed by atoms with Crippen LogP contribution in [0.1, 0.15) is 24.0 Å². The predicted molar refractivity (Wildman–Crippen MR) is 107 cm³/mol. The lowest BCUT2D eigenvalue weighted by atomic mass is 9.72. The number of carbonyl (C=O) groups excluding carboxylic acids is 1. The van der Waals surface area contributed by atoms with Gasteiger partial charge in [0.2, 0.25) is 5.91 Å². The molecule has 0 radical (unpaired) electrons. The van der Waals surface area contributed by atoms with Crippen molar-refractivity contribution in [3.05, 3.63) is 70.7 Å². The third kappa shape index (κ3) is 4.54. The quantitative estimate of drug-likeness (QED) is 0.779. The number of aliphatic carboxylic acids is 1. The average molecular weight is 402 g/mol. The van der Waals surface area contributed by atoms with Crippen LogP contribution in [0, 0.1) is 5.41 Å². The minimum absolute atomic E-state index is 0.0118. The van der Waals surface area contributed by atoms with Gasteiger partial charge >= 0.3 is 5.97 Å². The Hall–Kier alpha value is -2.37. The second-order valence-corrected chi connectivity index (χ2v) is 7.81. The smallest absolute Gasteiger partial charge is 0.314 e. The summed E-state index contributed by atoms with van der Waals surface area (Å²) in [5.41, 5.74) is 0.443. The zero-order chi connectivity index (χ0) is 20.1. The minimum atomic E-state index is -1.39. The first-order valence-electron chi connectivity index (χ1n) is 9.38. The van der Waals surface area contributed by atoms with Crippen LogP contribution in [0.3, 0.4) is 0 Å². The first kappa shape index (κ1) is 20.4. The molecular weight excluding hydrogens is 378 g/mol. The first-order valence-corrected chi connectivity index (χ1v) is 9.76. The Morgan fingerprint density at radius 2 is 1.75 bits per heavy atom. The summed E-state index contributed by atoms with van der Waals surface area (Å²) >= 11 is 5.88. The van der Waals surface area contributed by atoms with Gasteiger partial charge in [0.25, 0.3) is 0 Å². The third-order valence-corrected chi connectivity index (χ3v) is 5.72. The molecule has 148 valence electrons. The molecule has 0 saturated carbocycles. The van der Waals surface area contributed by atoms with E-state index in [1.165, 1.54) is 0 Å². The van der Waals surface area contributed by atoms with Gasteiger partial charge in [-0.25, -0.2) is 0 Å². The molecule has 2 atom stereocenters. The molecular formula is C22H24ClNO4. The van der Waals surface area contributed by atoms with E-state index in [0.29, 0.717) is 24.4 Å². The standard InChI is InChI=1S/C22H24ClNO4/c23-18-9-6-16(7-10-18)8-11-20(26)24-13-12-19(25)22(15-24,21(27)28)14-17-4-2-1-3-5-17/h1-7,9-10,19,25H,8,11-15H2,(H,27,28)/t19-,22-/m1/s1. The Bertz CT molecular complexity index is 824. The number of rotatable bonds is 6. The zero-order valence-electron chi connectivity index (χ0n) is 15.6. The Morgan fingerprint density at radius 1 is 1.07 bits per heavy atom. The Morgan fingerprint density at radius 3 is 2.39 bits per heavy atom. The van der Waals surface area contributed by atoms with Crippen LogP contribution in [0.2, 0.25) is 5.02 Å². The van der Waals surface area contributed by atoms with Gasteiger partial charge in [0.15, 0.2) is 0 Å². The second kappa shape index (κ2) is 8.76. The van der Waals surface area contributed by atoms with Gasteiger partial charge in [-0.1, -0.05) is 54.1 Å². The number of aryl methyl sites for hydroxylation is 1. The van der Waals surface area contributed by atoms with Crippen LogP contribution in [0.4, 0.5) is 0 Å². The molecule has 1 saturated heterocycles. The average Bonchev–Trinajstić information content (AvgIpc) is 2.69. The zero-order valence-corrected chi connectivity index (χ0v) is 16.3. The van der Waals surface area contributed by atoms with Gasteiger partial charge in [-0.15, -0.1) is 0 Å². The number of aliphatic hydroxyl groups excluding tert-OH is 1. The number of likely N-dealkylation sites (tertiary alicyclic amines) is 1. The van der Waals surface area contributed by atoms with Crippen molar-refractivity contribution in [1.82, 2.24) is 4.90 Å². The van der Waals surface area contributed by atoms with Crippen molar-refractivity contribution in [2.45, 2.75) is 31.8 Å². The largest absolute Gasteiger partial charge is 0.481 e. The van der Waals surface area contributed by atoms with Crippen LogP contribution in [-0.2, 0) is 22.4 Å². The molecule has 1 heterocycles. The van der Waals surface area contributed by atoms with Gasteiger partial charge in [-0.3, -0.25) is 9.59 Å². The number of carbonyl (C=O) groups is 2. The summed E-state index contributed by atoms with van der Waals surface area (Å²) in [6.07, 6.45) is 0.300. The summed E-state index contributed by atoms with van der Waals surface area (Å²) in [7, 11) is 0. The summed E-state index contributed by atoms with van der Waals surface area (Å²) in [6, 6.07) is 16.6. The molecule has 3 rings (SSSR count). The van der Waals surface area contributed by atoms with E-state index < -0.39 is 17.5 Å². The molecule has 1 aliphatic rings. The molecule has 0 bridgehead atoms. The Labute approximate surface area is 169 Å². The number of benzene rings is 2. The van der Waals surface area contributed by atoms with Crippen molar-refractivity contribution in [2.75, 3.05) is 13.1 Å². The van der Waals surface area contributed by atoms with E-state index >= 15 is 0 Å². The number of halogens is 1. The minimum Gasteiger partial charge on any atom is -0.481 e. The molecule has 6 heteroatoms. The molecule has 0 aromatic heterocycles. The van der Waals surface area contributed by atoms with Crippen molar-refractivity contribution in [1.29, 1.82) is 0 Å². The van der Waals surface area contributed by atoms with Gasteiger partial charge in [0, 0.05) is 24.5 Å². The van der Waals surface area contributed by atoms with Crippen LogP contribution in [0.15, 0.2) is 54.6 Å². The third-order valence-electron chi connectivity index (χ3n) is 5.47. The highest BCUT2D eigenvalue weighted by Gasteiger charge is 2.50. The Balaban J connectivity index is 1.71. The maximum atomic E-state index is 12.7. The summed E-state index contributed by atoms with van der Waals surface area (Å²) in [5.74, 6) is -1.17. The molecule has 28 heavy (non-hydrogen) atoms. The number of carboxylic acids is 1. The van der Waals surface area contributed by atoms with E-state index in [0.717, 1.165) is 11.1 Å². The normalized spacial score (nSPS) is 22.1. The number of aliphatic hydroxyl groups is 1. The first-order chi connectivity index (χ1) is 13.4. The highest BCUT2D eigenvalue weighted by Crippen LogP contribution is 2.35. The van der Waals surface area contributed by atoms with Gasteiger partial charge < -0.3 is 15.1 Å². The maximum Gasteiger partial charge on any atom is 0.314 e. The van der Waals surface area contributed by atoms with Crippen molar-refractivity contribution in [2.24, 2.45) is 5.41 Å². The number of amides is 1. The van der Waals surface area contributed by atoms with Crippen molar-refractivity contribution < 1.29 is 19.8 Å². The molecule has 0 aliphatic carbocycles. The number of hydrogen-bond acceptors (Lipinski definition) is 3. The van der Waals surface area contributed by atoms with E-state index in [4.69, 9.17) is 11.6 Å². The van der Waals surface area contributed by atoms with Crippen LogP contribution in [0.25, 0.3) is 0 Å². The Kier molecular flexibility index (Phi) is 6.37. The maximum absolute atomic E-state index is 12.7.